The lowest BCUT2D eigenvalue weighted by atomic mass is 9.65. The van der Waals surface area contributed by atoms with E-state index in [1.807, 2.05) is 6.92 Å². The molecule has 6 N–H and O–H groups in total. The molecule has 0 aliphatic heterocycles. The Kier molecular flexibility index (Phi) is 10.2. The summed E-state index contributed by atoms with van der Waals surface area (Å²) in [5, 5.41) is 36.7. The third kappa shape index (κ3) is 8.66. The number of likely N-dealkylation sites (N-methyl/N-ethyl adjacent to an activating group) is 1. The van der Waals surface area contributed by atoms with Crippen molar-refractivity contribution < 1.29 is 34.3 Å². The minimum atomic E-state index is -1.41. The second-order valence-electron chi connectivity index (χ2n) is 9.32. The number of alkyl carbamates (subject to hydrolysis) is 1. The molecule has 11 heteroatoms. The smallest absolute Gasteiger partial charge is 0.451 e. The molecule has 1 aliphatic carbocycles. The molecule has 0 bridgehead atoms. The maximum absolute atomic E-state index is 12.5. The Bertz CT molecular complexity index is 626. The standard InChI is InChI=1S/C20H38BN3O7/c1-6-23-20(17(26)27)11-14(9-10-21(29)30)7-8-15(20)12-22-16(25)13(2)24-18(28)31-19(3,4)5/h13-15,23,29-30H,6-12H2,1-5H3,(H,22,25)(H,24,28)(H,26,27)/t13-,14-,15-,20+/m0/s1. The van der Waals surface area contributed by atoms with Crippen molar-refractivity contribution in [3.63, 3.8) is 0 Å². The van der Waals surface area contributed by atoms with Crippen LogP contribution in [0.2, 0.25) is 6.32 Å². The van der Waals surface area contributed by atoms with Crippen LogP contribution in [0.5, 0.6) is 0 Å². The number of carbonyl (C=O) groups excluding carboxylic acids is 2. The number of hydrogen-bond acceptors (Lipinski definition) is 7. The Labute approximate surface area is 184 Å². The first-order valence-corrected chi connectivity index (χ1v) is 10.9. The fraction of sp³-hybridized carbons (Fsp3) is 0.850. The molecule has 0 aromatic carbocycles. The quantitative estimate of drug-likeness (QED) is 0.270. The van der Waals surface area contributed by atoms with Gasteiger partial charge in [-0.2, -0.15) is 0 Å². The summed E-state index contributed by atoms with van der Waals surface area (Å²) in [5.41, 5.74) is -1.90. The predicted octanol–water partition coefficient (Wildman–Crippen LogP) is 0.728. The first kappa shape index (κ1) is 27.2. The van der Waals surface area contributed by atoms with Crippen molar-refractivity contribution in [1.82, 2.24) is 16.0 Å². The summed E-state index contributed by atoms with van der Waals surface area (Å²) in [6, 6.07) is -0.837. The van der Waals surface area contributed by atoms with Gasteiger partial charge in [0.15, 0.2) is 0 Å². The van der Waals surface area contributed by atoms with Gasteiger partial charge in [-0.25, -0.2) is 4.79 Å². The van der Waals surface area contributed by atoms with Gasteiger partial charge in [-0.3, -0.25) is 9.59 Å². The number of carbonyl (C=O) groups is 3. The SMILES string of the molecule is CCN[C@]1(C(=O)O)C[C@H](CCB(O)O)CC[C@H]1CNC(=O)[C@H](C)NC(=O)OC(C)(C)C. The first-order chi connectivity index (χ1) is 14.3. The minimum absolute atomic E-state index is 0.0386. The van der Waals surface area contributed by atoms with Crippen LogP contribution in [-0.4, -0.2) is 70.5 Å². The molecule has 31 heavy (non-hydrogen) atoms. The van der Waals surface area contributed by atoms with Gasteiger partial charge in [-0.1, -0.05) is 13.3 Å². The molecule has 1 saturated carbocycles. The zero-order chi connectivity index (χ0) is 23.8. The van der Waals surface area contributed by atoms with Gasteiger partial charge >= 0.3 is 19.2 Å². The fourth-order valence-corrected chi connectivity index (χ4v) is 4.11. The van der Waals surface area contributed by atoms with Crippen LogP contribution in [0.25, 0.3) is 0 Å². The fourth-order valence-electron chi connectivity index (χ4n) is 4.11. The maximum atomic E-state index is 12.5. The lowest BCUT2D eigenvalue weighted by Crippen LogP contribution is -2.63. The molecule has 0 spiro atoms. The highest BCUT2D eigenvalue weighted by Crippen LogP contribution is 2.39. The van der Waals surface area contributed by atoms with E-state index >= 15 is 0 Å². The van der Waals surface area contributed by atoms with Crippen LogP contribution >= 0.6 is 0 Å². The zero-order valence-electron chi connectivity index (χ0n) is 19.2. The summed E-state index contributed by atoms with van der Waals surface area (Å²) in [7, 11) is -1.41. The number of carboxylic acids is 1. The van der Waals surface area contributed by atoms with Gasteiger partial charge in [-0.05, 0) is 65.7 Å². The van der Waals surface area contributed by atoms with Gasteiger partial charge < -0.3 is 35.8 Å². The average Bonchev–Trinajstić information content (AvgIpc) is 2.63. The number of aliphatic carboxylic acids is 1. The van der Waals surface area contributed by atoms with Crippen molar-refractivity contribution >= 4 is 25.1 Å². The van der Waals surface area contributed by atoms with Gasteiger partial charge in [0.2, 0.25) is 5.91 Å². The lowest BCUT2D eigenvalue weighted by molar-refractivity contribution is -0.150. The third-order valence-electron chi connectivity index (χ3n) is 5.59. The summed E-state index contributed by atoms with van der Waals surface area (Å²) in [6.07, 6.45) is 1.67. The molecule has 10 nitrogen and oxygen atoms in total. The minimum Gasteiger partial charge on any atom is -0.480 e. The van der Waals surface area contributed by atoms with Crippen molar-refractivity contribution in [3.8, 4) is 0 Å². The Morgan fingerprint density at radius 3 is 2.39 bits per heavy atom. The Morgan fingerprint density at radius 1 is 1.23 bits per heavy atom. The van der Waals surface area contributed by atoms with E-state index in [9.17, 15) is 19.5 Å². The molecular formula is C20H38BN3O7. The Hall–Kier alpha value is -1.85. The van der Waals surface area contributed by atoms with Gasteiger partial charge in [-0.15, -0.1) is 0 Å². The average molecular weight is 443 g/mol. The van der Waals surface area contributed by atoms with Crippen LogP contribution in [0.15, 0.2) is 0 Å². The second kappa shape index (κ2) is 11.7. The summed E-state index contributed by atoms with van der Waals surface area (Å²) in [6.45, 7) is 9.12. The van der Waals surface area contributed by atoms with E-state index in [4.69, 9.17) is 14.8 Å². The van der Waals surface area contributed by atoms with Crippen LogP contribution in [0.3, 0.4) is 0 Å². The molecule has 0 saturated heterocycles. The second-order valence-corrected chi connectivity index (χ2v) is 9.32. The molecule has 4 atom stereocenters. The van der Waals surface area contributed by atoms with E-state index in [2.05, 4.69) is 16.0 Å². The van der Waals surface area contributed by atoms with Crippen LogP contribution in [-0.2, 0) is 14.3 Å². The summed E-state index contributed by atoms with van der Waals surface area (Å²) in [5.74, 6) is -1.72. The highest BCUT2D eigenvalue weighted by molar-refractivity contribution is 6.40. The topological polar surface area (TPSA) is 157 Å². The monoisotopic (exact) mass is 443 g/mol. The van der Waals surface area contributed by atoms with Crippen molar-refractivity contribution in [1.29, 1.82) is 0 Å². The van der Waals surface area contributed by atoms with Crippen LogP contribution in [0.1, 0.15) is 60.3 Å². The number of ether oxygens (including phenoxy) is 1. The normalized spacial score (nSPS) is 24.7. The predicted molar refractivity (Wildman–Crippen MR) is 116 cm³/mol. The molecule has 2 amide bonds. The highest BCUT2D eigenvalue weighted by Gasteiger charge is 2.49. The zero-order valence-corrected chi connectivity index (χ0v) is 19.2. The van der Waals surface area contributed by atoms with Crippen molar-refractivity contribution in [2.75, 3.05) is 13.1 Å². The molecule has 0 aromatic rings. The Balaban J connectivity index is 2.77. The molecule has 1 fully saturated rings. The van der Waals surface area contributed by atoms with Crippen molar-refractivity contribution in [3.05, 3.63) is 0 Å². The van der Waals surface area contributed by atoms with E-state index in [1.54, 1.807) is 20.8 Å². The van der Waals surface area contributed by atoms with E-state index < -0.39 is 42.3 Å². The molecule has 1 rings (SSSR count). The van der Waals surface area contributed by atoms with E-state index in [0.717, 1.165) is 6.42 Å². The number of nitrogens with one attached hydrogen (secondary N) is 3. The van der Waals surface area contributed by atoms with Gasteiger partial charge in [0.25, 0.3) is 0 Å². The van der Waals surface area contributed by atoms with Gasteiger partial charge in [0.1, 0.15) is 17.2 Å². The Morgan fingerprint density at radius 2 is 1.87 bits per heavy atom. The first-order valence-electron chi connectivity index (χ1n) is 10.9. The summed E-state index contributed by atoms with van der Waals surface area (Å²) < 4.78 is 5.15. The van der Waals surface area contributed by atoms with Gasteiger partial charge in [0.05, 0.1) is 0 Å². The molecule has 0 radical (unpaired) electrons. The van der Waals surface area contributed by atoms with Crippen molar-refractivity contribution in [2.45, 2.75) is 83.8 Å². The molecule has 178 valence electrons. The molecule has 0 aromatic heterocycles. The molecular weight excluding hydrogens is 405 g/mol. The van der Waals surface area contributed by atoms with Crippen LogP contribution in [0.4, 0.5) is 4.79 Å². The molecule has 1 aliphatic rings. The number of rotatable bonds is 10. The largest absolute Gasteiger partial charge is 0.480 e. The highest BCUT2D eigenvalue weighted by atomic mass is 16.6. The summed E-state index contributed by atoms with van der Waals surface area (Å²) in [4.78, 5) is 36.6. The third-order valence-corrected chi connectivity index (χ3v) is 5.59. The van der Waals surface area contributed by atoms with Gasteiger partial charge in [0, 0.05) is 12.5 Å². The van der Waals surface area contributed by atoms with Crippen LogP contribution < -0.4 is 16.0 Å². The van der Waals surface area contributed by atoms with Crippen molar-refractivity contribution in [2.24, 2.45) is 11.8 Å². The van der Waals surface area contributed by atoms with E-state index in [0.29, 0.717) is 25.8 Å². The maximum Gasteiger partial charge on any atom is 0.451 e. The number of carboxylic acid groups (broad SMARTS) is 1. The van der Waals surface area contributed by atoms with E-state index in [1.165, 1.54) is 6.92 Å². The lowest BCUT2D eigenvalue weighted by Gasteiger charge is -2.45. The molecule has 0 unspecified atom stereocenters. The van der Waals surface area contributed by atoms with E-state index in [-0.39, 0.29) is 24.7 Å². The number of hydrogen-bond donors (Lipinski definition) is 6. The number of amides is 2. The van der Waals surface area contributed by atoms with Crippen LogP contribution in [0, 0.1) is 11.8 Å². The molecule has 0 heterocycles. The summed E-state index contributed by atoms with van der Waals surface area (Å²) >= 11 is 0.